The van der Waals surface area contributed by atoms with Crippen LogP contribution >= 0.6 is 0 Å². The molecule has 1 atom stereocenters. The second-order valence-corrected chi connectivity index (χ2v) is 9.90. The second kappa shape index (κ2) is 10.1. The molecule has 2 amide bonds. The Morgan fingerprint density at radius 3 is 2.14 bits per heavy atom. The summed E-state index contributed by atoms with van der Waals surface area (Å²) in [6.45, 7) is 3.77. The molecule has 186 valence electrons. The summed E-state index contributed by atoms with van der Waals surface area (Å²) < 4.78 is 10.8. The highest BCUT2D eigenvalue weighted by atomic mass is 16.5. The molecule has 1 fully saturated rings. The van der Waals surface area contributed by atoms with E-state index in [9.17, 15) is 19.5 Å². The smallest absolute Gasteiger partial charge is 0.407 e. The van der Waals surface area contributed by atoms with Crippen LogP contribution in [-0.2, 0) is 19.1 Å². The van der Waals surface area contributed by atoms with Crippen LogP contribution in [0.4, 0.5) is 4.79 Å². The highest BCUT2D eigenvalue weighted by molar-refractivity contribution is 5.86. The first-order chi connectivity index (χ1) is 16.7. The van der Waals surface area contributed by atoms with Crippen molar-refractivity contribution in [3.63, 3.8) is 0 Å². The third-order valence-electron chi connectivity index (χ3n) is 7.04. The molecule has 0 bridgehead atoms. The minimum atomic E-state index is -1.10. The standard InChI is InChI=1S/C27H32N2O6/c1-27(2,34-3)14-23(25(31)32)29-24(30)16-12-17(13-16)28-26(33)35-15-22-20-10-6-4-8-18(20)19-9-5-7-11-21(19)22/h4-11,16-17,22-23H,12-15H2,1-3H3,(H,28,33)(H,29,30)(H,31,32). The van der Waals surface area contributed by atoms with Gasteiger partial charge in [0.15, 0.2) is 0 Å². The van der Waals surface area contributed by atoms with Gasteiger partial charge in [-0.1, -0.05) is 48.5 Å². The number of fused-ring (bicyclic) bond motifs is 3. The van der Waals surface area contributed by atoms with E-state index in [4.69, 9.17) is 9.47 Å². The van der Waals surface area contributed by atoms with Gasteiger partial charge in [-0.3, -0.25) is 4.79 Å². The van der Waals surface area contributed by atoms with Gasteiger partial charge in [-0.25, -0.2) is 9.59 Å². The highest BCUT2D eigenvalue weighted by Crippen LogP contribution is 2.44. The molecule has 1 saturated carbocycles. The van der Waals surface area contributed by atoms with Crippen LogP contribution in [0.25, 0.3) is 11.1 Å². The van der Waals surface area contributed by atoms with Gasteiger partial charge in [-0.15, -0.1) is 0 Å². The molecule has 4 rings (SSSR count). The largest absolute Gasteiger partial charge is 0.480 e. The number of rotatable bonds is 9. The Morgan fingerprint density at radius 1 is 1.03 bits per heavy atom. The predicted octanol–water partition coefficient (Wildman–Crippen LogP) is 3.69. The highest BCUT2D eigenvalue weighted by Gasteiger charge is 2.38. The van der Waals surface area contributed by atoms with Crippen LogP contribution in [0.3, 0.4) is 0 Å². The van der Waals surface area contributed by atoms with Crippen LogP contribution in [0.15, 0.2) is 48.5 Å². The van der Waals surface area contributed by atoms with Crippen LogP contribution in [-0.4, -0.2) is 54.5 Å². The maximum Gasteiger partial charge on any atom is 0.407 e. The van der Waals surface area contributed by atoms with Gasteiger partial charge >= 0.3 is 12.1 Å². The molecule has 2 aliphatic carbocycles. The lowest BCUT2D eigenvalue weighted by Crippen LogP contribution is -2.53. The number of carboxylic acids is 1. The number of aliphatic carboxylic acids is 1. The summed E-state index contributed by atoms with van der Waals surface area (Å²) in [4.78, 5) is 36.5. The number of ether oxygens (including phenoxy) is 2. The molecule has 0 aromatic heterocycles. The molecule has 8 nitrogen and oxygen atoms in total. The Kier molecular flexibility index (Phi) is 7.12. The van der Waals surface area contributed by atoms with E-state index < -0.39 is 23.7 Å². The van der Waals surface area contributed by atoms with E-state index in [1.165, 1.54) is 18.2 Å². The van der Waals surface area contributed by atoms with Crippen LogP contribution in [0.1, 0.15) is 50.2 Å². The van der Waals surface area contributed by atoms with E-state index in [0.29, 0.717) is 12.8 Å². The number of hydrogen-bond acceptors (Lipinski definition) is 5. The van der Waals surface area contributed by atoms with Crippen LogP contribution < -0.4 is 10.6 Å². The monoisotopic (exact) mass is 480 g/mol. The van der Waals surface area contributed by atoms with Crippen molar-refractivity contribution in [1.82, 2.24) is 10.6 Å². The predicted molar refractivity (Wildman–Crippen MR) is 130 cm³/mol. The summed E-state index contributed by atoms with van der Waals surface area (Å²) in [6.07, 6.45) is 0.520. The van der Waals surface area contributed by atoms with Gasteiger partial charge < -0.3 is 25.2 Å². The molecule has 2 aromatic carbocycles. The second-order valence-electron chi connectivity index (χ2n) is 9.90. The molecular formula is C27H32N2O6. The van der Waals surface area contributed by atoms with Gasteiger partial charge in [-0.05, 0) is 48.9 Å². The minimum absolute atomic E-state index is 0.0163. The van der Waals surface area contributed by atoms with Crippen molar-refractivity contribution in [2.24, 2.45) is 5.92 Å². The molecule has 3 N–H and O–H groups in total. The van der Waals surface area contributed by atoms with E-state index in [1.54, 1.807) is 13.8 Å². The van der Waals surface area contributed by atoms with Crippen molar-refractivity contribution in [3.05, 3.63) is 59.7 Å². The first-order valence-corrected chi connectivity index (χ1v) is 11.9. The maximum atomic E-state index is 12.5. The van der Waals surface area contributed by atoms with Crippen molar-refractivity contribution in [1.29, 1.82) is 0 Å². The van der Waals surface area contributed by atoms with Crippen LogP contribution in [0.5, 0.6) is 0 Å². The summed E-state index contributed by atoms with van der Waals surface area (Å²) >= 11 is 0. The summed E-state index contributed by atoms with van der Waals surface area (Å²) in [5, 5.41) is 14.9. The number of carboxylic acid groups (broad SMARTS) is 1. The quantitative estimate of drug-likeness (QED) is 0.504. The fraction of sp³-hybridized carbons (Fsp3) is 0.444. The zero-order chi connectivity index (χ0) is 25.2. The van der Waals surface area contributed by atoms with Gasteiger partial charge in [0.1, 0.15) is 12.6 Å². The average Bonchev–Trinajstić information content (AvgIpc) is 3.13. The lowest BCUT2D eigenvalue weighted by atomic mass is 9.79. The van der Waals surface area contributed by atoms with Gasteiger partial charge in [0, 0.05) is 31.4 Å². The van der Waals surface area contributed by atoms with E-state index in [2.05, 4.69) is 34.9 Å². The minimum Gasteiger partial charge on any atom is -0.480 e. The number of amides is 2. The van der Waals surface area contributed by atoms with Gasteiger partial charge in [0.05, 0.1) is 5.60 Å². The Labute approximate surface area is 205 Å². The fourth-order valence-electron chi connectivity index (χ4n) is 4.82. The van der Waals surface area contributed by atoms with Crippen molar-refractivity contribution in [3.8, 4) is 11.1 Å². The first kappa shape index (κ1) is 24.7. The topological polar surface area (TPSA) is 114 Å². The number of carbonyl (C=O) groups excluding carboxylic acids is 2. The van der Waals surface area contributed by atoms with E-state index in [0.717, 1.165) is 11.1 Å². The lowest BCUT2D eigenvalue weighted by Gasteiger charge is -2.35. The molecule has 0 saturated heterocycles. The van der Waals surface area contributed by atoms with Crippen molar-refractivity contribution in [2.45, 2.75) is 56.7 Å². The van der Waals surface area contributed by atoms with Crippen LogP contribution in [0.2, 0.25) is 0 Å². The van der Waals surface area contributed by atoms with Crippen molar-refractivity contribution < 1.29 is 29.0 Å². The number of hydrogen-bond donors (Lipinski definition) is 3. The zero-order valence-electron chi connectivity index (χ0n) is 20.2. The van der Waals surface area contributed by atoms with Crippen LogP contribution in [0, 0.1) is 5.92 Å². The normalized spacial score (nSPS) is 19.6. The summed E-state index contributed by atoms with van der Waals surface area (Å²) in [5.41, 5.74) is 3.94. The SMILES string of the molecule is COC(C)(C)CC(NC(=O)C1CC(NC(=O)OCC2c3ccccc3-c3ccccc32)C1)C(=O)O. The number of carbonyl (C=O) groups is 3. The molecule has 35 heavy (non-hydrogen) atoms. The number of alkyl carbamates (subject to hydrolysis) is 1. The zero-order valence-corrected chi connectivity index (χ0v) is 20.2. The van der Waals surface area contributed by atoms with E-state index in [1.807, 2.05) is 24.3 Å². The summed E-state index contributed by atoms with van der Waals surface area (Å²) in [7, 11) is 1.51. The fourth-order valence-corrected chi connectivity index (χ4v) is 4.82. The Balaban J connectivity index is 1.25. The average molecular weight is 481 g/mol. The Hall–Kier alpha value is -3.39. The number of nitrogens with one attached hydrogen (secondary N) is 2. The third kappa shape index (κ3) is 5.48. The summed E-state index contributed by atoms with van der Waals surface area (Å²) in [5.74, 6) is -1.79. The molecule has 0 spiro atoms. The number of methoxy groups -OCH3 is 1. The van der Waals surface area contributed by atoms with Gasteiger partial charge in [0.2, 0.25) is 5.91 Å². The molecule has 2 aromatic rings. The molecule has 1 unspecified atom stereocenters. The molecule has 0 aliphatic heterocycles. The Bertz CT molecular complexity index is 1060. The molecular weight excluding hydrogens is 448 g/mol. The summed E-state index contributed by atoms with van der Waals surface area (Å²) in [6, 6.07) is 15.1. The van der Waals surface area contributed by atoms with E-state index in [-0.39, 0.29) is 36.8 Å². The van der Waals surface area contributed by atoms with Gasteiger partial charge in [0.25, 0.3) is 0 Å². The Morgan fingerprint density at radius 2 is 1.60 bits per heavy atom. The first-order valence-electron chi connectivity index (χ1n) is 11.9. The third-order valence-corrected chi connectivity index (χ3v) is 7.04. The van der Waals surface area contributed by atoms with Crippen molar-refractivity contribution >= 4 is 18.0 Å². The van der Waals surface area contributed by atoms with Gasteiger partial charge in [-0.2, -0.15) is 0 Å². The lowest BCUT2D eigenvalue weighted by molar-refractivity contribution is -0.145. The number of benzene rings is 2. The van der Waals surface area contributed by atoms with Crippen molar-refractivity contribution in [2.75, 3.05) is 13.7 Å². The molecule has 8 heteroatoms. The van der Waals surface area contributed by atoms with E-state index >= 15 is 0 Å². The molecule has 0 radical (unpaired) electrons. The molecule has 2 aliphatic rings. The maximum absolute atomic E-state index is 12.5. The molecule has 0 heterocycles.